The maximum atomic E-state index is 13.1. The van der Waals surface area contributed by atoms with Gasteiger partial charge in [0, 0.05) is 25.3 Å². The van der Waals surface area contributed by atoms with Gasteiger partial charge in [-0.3, -0.25) is 0 Å². The Bertz CT molecular complexity index is 503. The molecule has 1 atom stereocenters. The Kier molecular flexibility index (Phi) is 4.24. The predicted octanol–water partition coefficient (Wildman–Crippen LogP) is 4.04. The molecule has 0 saturated carbocycles. The monoisotopic (exact) mass is 300 g/mol. The summed E-state index contributed by atoms with van der Waals surface area (Å²) in [6, 6.07) is 4.50. The molecule has 2 N–H and O–H groups in total. The summed E-state index contributed by atoms with van der Waals surface area (Å²) in [4.78, 5) is 2.05. The summed E-state index contributed by atoms with van der Waals surface area (Å²) in [7, 11) is 0. The Morgan fingerprint density at radius 3 is 2.38 bits per heavy atom. The van der Waals surface area contributed by atoms with E-state index in [1.54, 1.807) is 6.07 Å². The summed E-state index contributed by atoms with van der Waals surface area (Å²) in [5.41, 5.74) is 5.78. The van der Waals surface area contributed by atoms with E-state index in [0.29, 0.717) is 11.6 Å². The minimum absolute atomic E-state index is 0.0975. The van der Waals surface area contributed by atoms with Crippen LogP contribution in [0.25, 0.3) is 0 Å². The van der Waals surface area contributed by atoms with Crippen molar-refractivity contribution in [2.24, 2.45) is 17.1 Å². The molecule has 0 aromatic heterocycles. The first-order valence-electron chi connectivity index (χ1n) is 7.28. The average Bonchev–Trinajstić information content (AvgIpc) is 2.86. The SMILES string of the molecule is CC(C)(C)C1CCN(c2ccc(CN)c(C(F)(F)F)c2)C1. The van der Waals surface area contributed by atoms with Gasteiger partial charge in [0.25, 0.3) is 0 Å². The molecule has 1 aliphatic heterocycles. The van der Waals surface area contributed by atoms with Gasteiger partial charge in [0.15, 0.2) is 0 Å². The van der Waals surface area contributed by atoms with Gasteiger partial charge >= 0.3 is 6.18 Å². The van der Waals surface area contributed by atoms with Crippen LogP contribution in [0.3, 0.4) is 0 Å². The van der Waals surface area contributed by atoms with Crippen LogP contribution in [0.1, 0.15) is 38.3 Å². The van der Waals surface area contributed by atoms with Crippen molar-refractivity contribution in [3.8, 4) is 0 Å². The number of rotatable bonds is 2. The van der Waals surface area contributed by atoms with Crippen LogP contribution in [0.2, 0.25) is 0 Å². The summed E-state index contributed by atoms with van der Waals surface area (Å²) in [6.45, 7) is 8.06. The maximum Gasteiger partial charge on any atom is 0.416 e. The van der Waals surface area contributed by atoms with Crippen molar-refractivity contribution >= 4 is 5.69 Å². The molecule has 0 aliphatic carbocycles. The largest absolute Gasteiger partial charge is 0.416 e. The van der Waals surface area contributed by atoms with E-state index in [1.807, 2.05) is 4.90 Å². The molecule has 0 radical (unpaired) electrons. The predicted molar refractivity (Wildman–Crippen MR) is 79.1 cm³/mol. The van der Waals surface area contributed by atoms with Crippen LogP contribution in [0.4, 0.5) is 18.9 Å². The molecular weight excluding hydrogens is 277 g/mol. The van der Waals surface area contributed by atoms with Gasteiger partial charge in [-0.15, -0.1) is 0 Å². The summed E-state index contributed by atoms with van der Waals surface area (Å²) in [5, 5.41) is 0. The lowest BCUT2D eigenvalue weighted by molar-refractivity contribution is -0.138. The maximum absolute atomic E-state index is 13.1. The lowest BCUT2D eigenvalue weighted by atomic mass is 9.80. The zero-order chi connectivity index (χ0) is 15.8. The van der Waals surface area contributed by atoms with Crippen molar-refractivity contribution in [1.29, 1.82) is 0 Å². The topological polar surface area (TPSA) is 29.3 Å². The van der Waals surface area contributed by atoms with Gasteiger partial charge < -0.3 is 10.6 Å². The first-order valence-corrected chi connectivity index (χ1v) is 7.28. The van der Waals surface area contributed by atoms with E-state index in [9.17, 15) is 13.2 Å². The highest BCUT2D eigenvalue weighted by Gasteiger charge is 2.35. The molecule has 2 nitrogen and oxygen atoms in total. The van der Waals surface area contributed by atoms with Crippen molar-refractivity contribution in [3.05, 3.63) is 29.3 Å². The number of alkyl halides is 3. The fourth-order valence-corrected chi connectivity index (χ4v) is 2.90. The quantitative estimate of drug-likeness (QED) is 0.893. The van der Waals surface area contributed by atoms with Gasteiger partial charge in [0.2, 0.25) is 0 Å². The molecule has 1 fully saturated rings. The van der Waals surface area contributed by atoms with E-state index in [-0.39, 0.29) is 17.5 Å². The Balaban J connectivity index is 2.26. The number of nitrogens with zero attached hydrogens (tertiary/aromatic N) is 1. The van der Waals surface area contributed by atoms with Crippen LogP contribution < -0.4 is 10.6 Å². The van der Waals surface area contributed by atoms with E-state index in [1.165, 1.54) is 12.1 Å². The fraction of sp³-hybridized carbons (Fsp3) is 0.625. The van der Waals surface area contributed by atoms with E-state index >= 15 is 0 Å². The lowest BCUT2D eigenvalue weighted by Gasteiger charge is -2.28. The minimum Gasteiger partial charge on any atom is -0.371 e. The van der Waals surface area contributed by atoms with Crippen LogP contribution in [0.5, 0.6) is 0 Å². The zero-order valence-electron chi connectivity index (χ0n) is 12.8. The van der Waals surface area contributed by atoms with Gasteiger partial charge in [-0.25, -0.2) is 0 Å². The second-order valence-electron chi connectivity index (χ2n) is 6.84. The third kappa shape index (κ3) is 3.51. The number of hydrogen-bond acceptors (Lipinski definition) is 2. The summed E-state index contributed by atoms with van der Waals surface area (Å²) >= 11 is 0. The fourth-order valence-electron chi connectivity index (χ4n) is 2.90. The zero-order valence-corrected chi connectivity index (χ0v) is 12.8. The molecule has 2 rings (SSSR count). The summed E-state index contributed by atoms with van der Waals surface area (Å²) < 4.78 is 39.3. The highest BCUT2D eigenvalue weighted by molar-refractivity contribution is 5.52. The summed E-state index contributed by atoms with van der Waals surface area (Å²) in [6.07, 6.45) is -3.34. The minimum atomic E-state index is -4.35. The van der Waals surface area contributed by atoms with Crippen molar-refractivity contribution in [2.45, 2.75) is 39.9 Å². The second-order valence-corrected chi connectivity index (χ2v) is 6.84. The molecule has 0 spiro atoms. The molecule has 1 aliphatic rings. The Morgan fingerprint density at radius 2 is 1.90 bits per heavy atom. The van der Waals surface area contributed by atoms with E-state index in [4.69, 9.17) is 5.73 Å². The molecular formula is C16H23F3N2. The molecule has 1 heterocycles. The van der Waals surface area contributed by atoms with Gasteiger partial charge in [-0.1, -0.05) is 26.8 Å². The van der Waals surface area contributed by atoms with Crippen LogP contribution in [-0.2, 0) is 12.7 Å². The number of anilines is 1. The molecule has 1 aromatic rings. The van der Waals surface area contributed by atoms with E-state index in [0.717, 1.165) is 19.5 Å². The lowest BCUT2D eigenvalue weighted by Crippen LogP contribution is -2.26. The van der Waals surface area contributed by atoms with E-state index < -0.39 is 11.7 Å². The molecule has 1 aromatic carbocycles. The Hall–Kier alpha value is -1.23. The third-order valence-electron chi connectivity index (χ3n) is 4.40. The molecule has 5 heteroatoms. The highest BCUT2D eigenvalue weighted by Crippen LogP contribution is 2.38. The number of halogens is 3. The Labute approximate surface area is 124 Å². The molecule has 21 heavy (non-hydrogen) atoms. The normalized spacial score (nSPS) is 20.1. The molecule has 0 bridgehead atoms. The van der Waals surface area contributed by atoms with E-state index in [2.05, 4.69) is 20.8 Å². The average molecular weight is 300 g/mol. The summed E-state index contributed by atoms with van der Waals surface area (Å²) in [5.74, 6) is 0.501. The Morgan fingerprint density at radius 1 is 1.24 bits per heavy atom. The van der Waals surface area contributed by atoms with Crippen molar-refractivity contribution in [1.82, 2.24) is 0 Å². The van der Waals surface area contributed by atoms with Crippen LogP contribution in [0.15, 0.2) is 18.2 Å². The third-order valence-corrected chi connectivity index (χ3v) is 4.40. The highest BCUT2D eigenvalue weighted by atomic mass is 19.4. The number of hydrogen-bond donors (Lipinski definition) is 1. The van der Waals surface area contributed by atoms with Gasteiger partial charge in [0.05, 0.1) is 5.56 Å². The standard InChI is InChI=1S/C16H23F3N2/c1-15(2,3)12-6-7-21(10-12)13-5-4-11(9-20)14(8-13)16(17,18)19/h4-5,8,12H,6-7,9-10,20H2,1-3H3. The van der Waals surface area contributed by atoms with Crippen LogP contribution >= 0.6 is 0 Å². The number of benzene rings is 1. The smallest absolute Gasteiger partial charge is 0.371 e. The second kappa shape index (κ2) is 5.52. The van der Waals surface area contributed by atoms with Crippen molar-refractivity contribution in [3.63, 3.8) is 0 Å². The van der Waals surface area contributed by atoms with Crippen molar-refractivity contribution in [2.75, 3.05) is 18.0 Å². The van der Waals surface area contributed by atoms with Gasteiger partial charge in [-0.05, 0) is 35.4 Å². The van der Waals surface area contributed by atoms with Crippen LogP contribution in [-0.4, -0.2) is 13.1 Å². The number of nitrogens with two attached hydrogens (primary N) is 1. The first-order chi connectivity index (χ1) is 9.63. The molecule has 1 saturated heterocycles. The van der Waals surface area contributed by atoms with Crippen LogP contribution in [0, 0.1) is 11.3 Å². The van der Waals surface area contributed by atoms with Gasteiger partial charge in [0.1, 0.15) is 0 Å². The first kappa shape index (κ1) is 16.1. The molecule has 0 amide bonds. The molecule has 1 unspecified atom stereocenters. The van der Waals surface area contributed by atoms with Crippen molar-refractivity contribution < 1.29 is 13.2 Å². The van der Waals surface area contributed by atoms with Gasteiger partial charge in [-0.2, -0.15) is 13.2 Å². The molecule has 118 valence electrons.